The van der Waals surface area contributed by atoms with E-state index in [-0.39, 0.29) is 24.1 Å². The van der Waals surface area contributed by atoms with E-state index in [1.807, 2.05) is 13.8 Å². The second kappa shape index (κ2) is 8.99. The maximum absolute atomic E-state index is 12.8. The van der Waals surface area contributed by atoms with E-state index in [4.69, 9.17) is 4.74 Å². The van der Waals surface area contributed by atoms with Crippen molar-refractivity contribution < 1.29 is 27.1 Å². The first kappa shape index (κ1) is 21.5. The monoisotopic (exact) mass is 346 g/mol. The molecule has 2 nitrogen and oxygen atoms in total. The Bertz CT molecular complexity index is 341. The molecule has 1 atom stereocenters. The predicted molar refractivity (Wildman–Crippen MR) is 81.7 cm³/mol. The van der Waals surface area contributed by atoms with Gasteiger partial charge in [0.15, 0.2) is 0 Å². The van der Waals surface area contributed by atoms with Gasteiger partial charge in [-0.1, -0.05) is 13.8 Å². The second-order valence-corrected chi connectivity index (χ2v) is 8.00. The number of esters is 1. The zero-order valence-electron chi connectivity index (χ0n) is 13.8. The van der Waals surface area contributed by atoms with Gasteiger partial charge in [0.2, 0.25) is 0 Å². The lowest BCUT2D eigenvalue weighted by Crippen LogP contribution is -2.31. The summed E-state index contributed by atoms with van der Waals surface area (Å²) in [5.41, 5.74) is -0.615. The molecule has 0 bridgehead atoms. The molecule has 0 aliphatic rings. The van der Waals surface area contributed by atoms with E-state index in [2.05, 4.69) is 0 Å². The second-order valence-electron chi connectivity index (χ2n) is 6.69. The van der Waals surface area contributed by atoms with E-state index in [0.717, 1.165) is 0 Å². The molecule has 1 unspecified atom stereocenters. The zero-order valence-corrected chi connectivity index (χ0v) is 14.6. The molecule has 0 fully saturated rings. The van der Waals surface area contributed by atoms with Crippen molar-refractivity contribution in [3.8, 4) is 0 Å². The third kappa shape index (κ3) is 9.54. The van der Waals surface area contributed by atoms with Gasteiger partial charge in [0.25, 0.3) is 0 Å². The molecule has 0 heterocycles. The highest BCUT2D eigenvalue weighted by Gasteiger charge is 2.39. The Morgan fingerprint density at radius 1 is 1.18 bits per heavy atom. The Kier molecular flexibility index (Phi) is 8.80. The van der Waals surface area contributed by atoms with Gasteiger partial charge in [-0.2, -0.15) is 0 Å². The van der Waals surface area contributed by atoms with E-state index in [1.54, 1.807) is 20.8 Å². The van der Waals surface area contributed by atoms with Gasteiger partial charge in [0.1, 0.15) is 10.9 Å². The molecule has 0 aliphatic carbocycles. The van der Waals surface area contributed by atoms with Crippen molar-refractivity contribution in [2.45, 2.75) is 77.1 Å². The van der Waals surface area contributed by atoms with E-state index in [0.29, 0.717) is 6.42 Å². The minimum Gasteiger partial charge on any atom is -0.459 e. The van der Waals surface area contributed by atoms with Gasteiger partial charge >= 0.3 is 18.3 Å². The molecule has 7 heteroatoms. The van der Waals surface area contributed by atoms with Gasteiger partial charge in [-0.15, -0.1) is 11.8 Å². The topological polar surface area (TPSA) is 26.3 Å². The van der Waals surface area contributed by atoms with Crippen LogP contribution in [0.5, 0.6) is 0 Å². The summed E-state index contributed by atoms with van der Waals surface area (Å²) in [5, 5.41) is -0.459. The predicted octanol–water partition coefficient (Wildman–Crippen LogP) is 5.16. The molecule has 0 saturated carbocycles. The zero-order chi connectivity index (χ0) is 17.6. The van der Waals surface area contributed by atoms with E-state index >= 15 is 0 Å². The molecular formula is C15H26F4O2S. The fraction of sp³-hybridized carbons (Fsp3) is 0.933. The largest absolute Gasteiger partial charge is 0.459 e. The third-order valence-corrected chi connectivity index (χ3v) is 3.96. The van der Waals surface area contributed by atoms with Crippen molar-refractivity contribution in [1.29, 1.82) is 0 Å². The summed E-state index contributed by atoms with van der Waals surface area (Å²) in [6.07, 6.45) is -4.03. The van der Waals surface area contributed by atoms with Crippen LogP contribution in [0.3, 0.4) is 0 Å². The number of alkyl halides is 4. The van der Waals surface area contributed by atoms with Crippen LogP contribution in [-0.2, 0) is 9.53 Å². The Balaban J connectivity index is 4.41. The average Bonchev–Trinajstić information content (AvgIpc) is 2.30. The summed E-state index contributed by atoms with van der Waals surface area (Å²) in [4.78, 5) is 12.1. The molecular weight excluding hydrogens is 320 g/mol. The first-order valence-corrected chi connectivity index (χ1v) is 8.40. The highest BCUT2D eigenvalue weighted by atomic mass is 32.2. The highest BCUT2D eigenvalue weighted by Crippen LogP contribution is 2.30. The normalized spacial score (nSPS) is 14.5. The first-order valence-electron chi connectivity index (χ1n) is 7.35. The fourth-order valence-corrected chi connectivity index (χ4v) is 2.97. The minimum absolute atomic E-state index is 0.0700. The molecule has 0 aromatic carbocycles. The molecule has 0 aliphatic heterocycles. The van der Waals surface area contributed by atoms with Crippen LogP contribution in [0, 0.1) is 5.92 Å². The van der Waals surface area contributed by atoms with Crippen LogP contribution in [-0.4, -0.2) is 34.9 Å². The average molecular weight is 346 g/mol. The quantitative estimate of drug-likeness (QED) is 0.328. The van der Waals surface area contributed by atoms with Gasteiger partial charge in [-0.05, 0) is 45.3 Å². The highest BCUT2D eigenvalue weighted by molar-refractivity contribution is 8.00. The van der Waals surface area contributed by atoms with Crippen LogP contribution in [0.15, 0.2) is 0 Å². The van der Waals surface area contributed by atoms with Crippen molar-refractivity contribution in [3.05, 3.63) is 0 Å². The summed E-state index contributed by atoms with van der Waals surface area (Å²) in [6, 6.07) is 0. The summed E-state index contributed by atoms with van der Waals surface area (Å²) >= 11 is 1.20. The SMILES string of the molecule is CC(C)CC(SCCCC(F)(F)C(F)F)C(=O)OC(C)(C)C. The summed E-state index contributed by atoms with van der Waals surface area (Å²) in [6.45, 7) is 9.16. The molecule has 0 rings (SSSR count). The lowest BCUT2D eigenvalue weighted by atomic mass is 10.1. The van der Waals surface area contributed by atoms with Crippen LogP contribution >= 0.6 is 11.8 Å². The third-order valence-electron chi connectivity index (χ3n) is 2.65. The Morgan fingerprint density at radius 3 is 2.14 bits per heavy atom. The number of hydrogen-bond donors (Lipinski definition) is 0. The fourth-order valence-electron chi connectivity index (χ4n) is 1.67. The van der Waals surface area contributed by atoms with Crippen molar-refractivity contribution in [2.75, 3.05) is 5.75 Å². The van der Waals surface area contributed by atoms with Crippen LogP contribution in [0.1, 0.15) is 53.9 Å². The number of rotatable bonds is 9. The van der Waals surface area contributed by atoms with Crippen molar-refractivity contribution >= 4 is 17.7 Å². The van der Waals surface area contributed by atoms with Crippen molar-refractivity contribution in [2.24, 2.45) is 5.92 Å². The molecule has 22 heavy (non-hydrogen) atoms. The first-order chi connectivity index (χ1) is 9.85. The Labute approximate surface area is 134 Å². The molecule has 0 N–H and O–H groups in total. The number of carbonyl (C=O) groups excluding carboxylic acids is 1. The van der Waals surface area contributed by atoms with Crippen molar-refractivity contribution in [3.63, 3.8) is 0 Å². The molecule has 0 radical (unpaired) electrons. The van der Waals surface area contributed by atoms with Gasteiger partial charge < -0.3 is 4.74 Å². The summed E-state index contributed by atoms with van der Waals surface area (Å²) < 4.78 is 55.0. The lowest BCUT2D eigenvalue weighted by molar-refractivity contribution is -0.154. The Hall–Kier alpha value is -0.460. The van der Waals surface area contributed by atoms with Crippen molar-refractivity contribution in [1.82, 2.24) is 0 Å². The van der Waals surface area contributed by atoms with Crippen LogP contribution in [0.25, 0.3) is 0 Å². The van der Waals surface area contributed by atoms with Crippen LogP contribution < -0.4 is 0 Å². The molecule has 0 amide bonds. The van der Waals surface area contributed by atoms with Gasteiger partial charge in [-0.3, -0.25) is 4.79 Å². The maximum Gasteiger partial charge on any atom is 0.319 e. The standard InChI is InChI=1S/C15H26F4O2S/c1-10(2)9-11(12(20)21-14(3,4)5)22-8-6-7-15(18,19)13(16)17/h10-11,13H,6-9H2,1-5H3. The minimum atomic E-state index is -3.96. The van der Waals surface area contributed by atoms with Crippen LogP contribution in [0.4, 0.5) is 17.6 Å². The number of ether oxygens (including phenoxy) is 1. The van der Waals surface area contributed by atoms with Gasteiger partial charge in [0, 0.05) is 6.42 Å². The van der Waals surface area contributed by atoms with E-state index in [1.165, 1.54) is 11.8 Å². The molecule has 0 saturated heterocycles. The smallest absolute Gasteiger partial charge is 0.319 e. The molecule has 0 aromatic rings. The molecule has 132 valence electrons. The van der Waals surface area contributed by atoms with Gasteiger partial charge in [0.05, 0.1) is 0 Å². The molecule has 0 spiro atoms. The number of carbonyl (C=O) groups is 1. The lowest BCUT2D eigenvalue weighted by Gasteiger charge is -2.24. The maximum atomic E-state index is 12.8. The van der Waals surface area contributed by atoms with Crippen LogP contribution in [0.2, 0.25) is 0 Å². The number of halogens is 4. The van der Waals surface area contributed by atoms with Gasteiger partial charge in [-0.25, -0.2) is 17.6 Å². The number of hydrogen-bond acceptors (Lipinski definition) is 3. The summed E-state index contributed by atoms with van der Waals surface area (Å²) in [5.74, 6) is -3.88. The molecule has 0 aromatic heterocycles. The Morgan fingerprint density at radius 2 is 1.73 bits per heavy atom. The van der Waals surface area contributed by atoms with E-state index in [9.17, 15) is 22.4 Å². The number of thioether (sulfide) groups is 1. The van der Waals surface area contributed by atoms with E-state index < -0.39 is 29.6 Å². The summed E-state index contributed by atoms with van der Waals surface area (Å²) in [7, 11) is 0.